The van der Waals surface area contributed by atoms with Gasteiger partial charge < -0.3 is 19.0 Å². The molecule has 2 rings (SSSR count). The molecule has 0 heterocycles. The average Bonchev–Trinajstić information content (AvgIpc) is 2.94. The average molecular weight is 1150 g/mol. The van der Waals surface area contributed by atoms with E-state index >= 15 is 0 Å². The van der Waals surface area contributed by atoms with E-state index in [9.17, 15) is 5.02 Å². The second-order valence-electron chi connectivity index (χ2n) is 24.9. The summed E-state index contributed by atoms with van der Waals surface area (Å²) in [7, 11) is -6.64. The molecule has 4 nitrogen and oxygen atoms in total. The molecule has 2 aromatic rings. The quantitative estimate of drug-likeness (QED) is 0.174. The van der Waals surface area contributed by atoms with Gasteiger partial charge in [-0.25, -0.2) is 0 Å². The van der Waals surface area contributed by atoms with Gasteiger partial charge in [-0.05, 0) is 46.6 Å². The summed E-state index contributed by atoms with van der Waals surface area (Å²) < 4.78 is 14.5. The normalized spacial score (nSPS) is 12.9. The van der Waals surface area contributed by atoms with Crippen LogP contribution in [0.15, 0.2) is 24.3 Å². The van der Waals surface area contributed by atoms with Crippen molar-refractivity contribution in [1.82, 2.24) is 0 Å². The summed E-state index contributed by atoms with van der Waals surface area (Å²) in [6.45, 7) is 67.3. The molecule has 0 aromatic heterocycles. The summed E-state index contributed by atoms with van der Waals surface area (Å²) in [5.74, 6) is 2.17. The van der Waals surface area contributed by atoms with Crippen LogP contribution in [-0.2, 0) is 0 Å². The second-order valence-corrected chi connectivity index (χ2v) is 53.6. The fourth-order valence-electron chi connectivity index (χ4n) is 7.79. The van der Waals surface area contributed by atoms with Crippen LogP contribution >= 0.6 is 0 Å². The minimum absolute atomic E-state index is 0. The van der Waals surface area contributed by atoms with E-state index < -0.39 is 56.3 Å². The Hall–Kier alpha value is 0.698. The van der Waals surface area contributed by atoms with E-state index in [0.717, 1.165) is 10.9 Å². The molecule has 0 unspecified atom stereocenters. The molecular formula is C48H100BN3OSi6U. The number of benzene rings is 2. The van der Waals surface area contributed by atoms with Gasteiger partial charge in [-0.15, -0.1) is 0 Å². The first-order valence-electron chi connectivity index (χ1n) is 23.1. The van der Waals surface area contributed by atoms with Gasteiger partial charge in [0.25, 0.3) is 0 Å². The van der Waals surface area contributed by atoms with Crippen LogP contribution in [0.2, 0.25) is 118 Å². The molecular weight excluding hydrogens is 1050 g/mol. The number of hydrogen-bond donors (Lipinski definition) is 0. The molecule has 0 fully saturated rings. The fourth-order valence-corrected chi connectivity index (χ4v) is 31.9. The molecule has 344 valence electrons. The molecule has 0 aliphatic carbocycles. The van der Waals surface area contributed by atoms with Gasteiger partial charge in [0.05, 0.1) is 6.92 Å². The molecule has 0 amide bonds. The van der Waals surface area contributed by atoms with Crippen molar-refractivity contribution in [1.29, 1.82) is 0 Å². The van der Waals surface area contributed by atoms with Crippen molar-refractivity contribution in [3.8, 4) is 0 Å². The van der Waals surface area contributed by atoms with Gasteiger partial charge >= 0.3 is 31.1 Å². The van der Waals surface area contributed by atoms with E-state index in [1.165, 1.54) is 33.4 Å². The van der Waals surface area contributed by atoms with Gasteiger partial charge in [0.15, 0.2) is 0 Å². The Bertz CT molecular complexity index is 1310. The third-order valence-electron chi connectivity index (χ3n) is 8.89. The smallest absolute Gasteiger partial charge is 0.872 e. The number of rotatable bonds is 14. The van der Waals surface area contributed by atoms with Crippen molar-refractivity contribution in [3.63, 3.8) is 0 Å². The molecule has 0 spiro atoms. The van der Waals surface area contributed by atoms with Crippen molar-refractivity contribution in [2.24, 2.45) is 0 Å². The standard InChI is InChI=1S/C30H46BO.3C6H18NSi2.U/c1-17(2)23-13-25(19(5)6)29(26(14-23)20(7)8)31(32)30-27(21(9)10)15-24(18(3)4)16-28(30)22(11)12;3*1-8(2,3)7-9(4,5)6;/h13-22H,1-12H3;3*1-6H3;/q4*-1;+4. The maximum absolute atomic E-state index is 14.6. The van der Waals surface area contributed by atoms with E-state index in [0.29, 0.717) is 35.5 Å². The van der Waals surface area contributed by atoms with Crippen LogP contribution in [0.4, 0.5) is 0 Å². The molecule has 12 heteroatoms. The first-order chi connectivity index (χ1) is 25.9. The zero-order valence-corrected chi connectivity index (χ0v) is 55.8. The molecule has 60 heavy (non-hydrogen) atoms. The summed E-state index contributed by atoms with van der Waals surface area (Å²) in [5, 5.41) is 14.6. The van der Waals surface area contributed by atoms with E-state index in [-0.39, 0.29) is 31.1 Å². The van der Waals surface area contributed by atoms with Crippen molar-refractivity contribution >= 4 is 67.3 Å². The Labute approximate surface area is 408 Å². The zero-order valence-electron chi connectivity index (χ0n) is 45.6. The first-order valence-corrected chi connectivity index (χ1v) is 43.8. The fraction of sp³-hybridized carbons (Fsp3) is 0.750. The molecule has 2 aromatic carbocycles. The van der Waals surface area contributed by atoms with Crippen LogP contribution < -0.4 is 15.9 Å². The predicted octanol–water partition coefficient (Wildman–Crippen LogP) is 16.0. The summed E-state index contributed by atoms with van der Waals surface area (Å²) in [6, 6.07) is 9.25. The first kappa shape index (κ1) is 65.0. The van der Waals surface area contributed by atoms with E-state index in [1.807, 2.05) is 0 Å². The summed E-state index contributed by atoms with van der Waals surface area (Å²) >= 11 is 0. The van der Waals surface area contributed by atoms with E-state index in [2.05, 4.69) is 225 Å². The van der Waals surface area contributed by atoms with Gasteiger partial charge in [0.2, 0.25) is 0 Å². The van der Waals surface area contributed by atoms with Crippen LogP contribution in [0, 0.1) is 31.1 Å². The molecule has 0 bridgehead atoms. The third kappa shape index (κ3) is 28.6. The third-order valence-corrected chi connectivity index (χ3v) is 25.0. The monoisotopic (exact) mass is 1150 g/mol. The Kier molecular flexibility index (Phi) is 28.3. The Morgan fingerprint density at radius 2 is 0.483 bits per heavy atom. The van der Waals surface area contributed by atoms with Crippen molar-refractivity contribution in [2.45, 2.75) is 236 Å². The molecule has 0 N–H and O–H groups in total. The maximum Gasteiger partial charge on any atom is 4.00 e. The van der Waals surface area contributed by atoms with Crippen LogP contribution in [0.5, 0.6) is 0 Å². The number of hydrogen-bond acceptors (Lipinski definition) is 1. The van der Waals surface area contributed by atoms with Crippen LogP contribution in [0.3, 0.4) is 0 Å². The van der Waals surface area contributed by atoms with Crippen LogP contribution in [-0.4, -0.2) is 56.3 Å². The molecule has 0 saturated heterocycles. The minimum Gasteiger partial charge on any atom is -0.872 e. The zero-order chi connectivity index (χ0) is 47.6. The van der Waals surface area contributed by atoms with Gasteiger partial charge in [0.1, 0.15) is 0 Å². The van der Waals surface area contributed by atoms with Crippen molar-refractivity contribution in [2.75, 3.05) is 0 Å². The predicted molar refractivity (Wildman–Crippen MR) is 293 cm³/mol. The van der Waals surface area contributed by atoms with E-state index in [4.69, 9.17) is 13.9 Å². The molecule has 0 aliphatic rings. The Morgan fingerprint density at radius 1 is 0.333 bits per heavy atom. The van der Waals surface area contributed by atoms with Gasteiger partial charge in [-0.1, -0.05) is 308 Å². The summed E-state index contributed by atoms with van der Waals surface area (Å²) in [4.78, 5) is 0. The van der Waals surface area contributed by atoms with E-state index in [1.54, 1.807) is 0 Å². The summed E-state index contributed by atoms with van der Waals surface area (Å²) in [5.41, 5.74) is 9.68. The largest absolute Gasteiger partial charge is 4.00 e. The maximum atomic E-state index is 14.6. The van der Waals surface area contributed by atoms with Crippen LogP contribution in [0.1, 0.15) is 152 Å². The molecule has 0 aliphatic heterocycles. The van der Waals surface area contributed by atoms with Crippen molar-refractivity contribution < 1.29 is 36.1 Å². The van der Waals surface area contributed by atoms with Crippen molar-refractivity contribution in [3.05, 3.63) is 71.6 Å². The van der Waals surface area contributed by atoms with Gasteiger partial charge in [-0.3, -0.25) is 0 Å². The van der Waals surface area contributed by atoms with Gasteiger partial charge in [-0.2, -0.15) is 0 Å². The molecule has 0 atom stereocenters. The Morgan fingerprint density at radius 3 is 0.567 bits per heavy atom. The molecule has 0 saturated carbocycles. The SMILES string of the molecule is CC(C)c1cc(C(C)C)c(B([O-])c2c(C(C)C)cc(C(C)C)cc2C(C)C)c(C(C)C)c1.C[Si](C)(C)[N-][Si](C)(C)C.C[Si](C)(C)[N-][Si](C)(C)C.C[Si](C)(C)[N-][Si](C)(C)C.[U+4]. The second kappa shape index (κ2) is 26.1. The topological polar surface area (TPSA) is 65.4 Å². The summed E-state index contributed by atoms with van der Waals surface area (Å²) in [6.07, 6.45) is 0. The van der Waals surface area contributed by atoms with Crippen LogP contribution in [0.25, 0.3) is 13.9 Å². The minimum atomic E-state index is -1.11. The molecule has 0 radical (unpaired) electrons. The number of nitrogens with zero attached hydrogens (tertiary/aromatic N) is 3. The Balaban J connectivity index is -0.000000940. The van der Waals surface area contributed by atoms with Gasteiger partial charge in [0, 0.05) is 0 Å².